The third kappa shape index (κ3) is 2.84. The van der Waals surface area contributed by atoms with Crippen molar-refractivity contribution in [2.24, 2.45) is 0 Å². The van der Waals surface area contributed by atoms with Gasteiger partial charge in [0, 0.05) is 17.9 Å². The van der Waals surface area contributed by atoms with Crippen LogP contribution in [0.1, 0.15) is 46.6 Å². The zero-order chi connectivity index (χ0) is 16.2. The molecule has 2 aliphatic rings. The Morgan fingerprint density at radius 3 is 2.50 bits per heavy atom. The SMILES string of the molecule is CC1(C)OB(c2cnn(C3CCCS(=O)(=O)C3)c2)OC1(C)C. The molecule has 1 unspecified atom stereocenters. The van der Waals surface area contributed by atoms with Crippen molar-refractivity contribution in [3.05, 3.63) is 12.4 Å². The number of aromatic nitrogens is 2. The van der Waals surface area contributed by atoms with Gasteiger partial charge in [-0.15, -0.1) is 0 Å². The largest absolute Gasteiger partial charge is 0.498 e. The van der Waals surface area contributed by atoms with E-state index < -0.39 is 28.2 Å². The Kier molecular flexibility index (Phi) is 3.69. The summed E-state index contributed by atoms with van der Waals surface area (Å²) in [6, 6.07) is -0.0880. The fourth-order valence-electron chi connectivity index (χ4n) is 2.86. The molecule has 1 atom stereocenters. The first-order chi connectivity index (χ1) is 10.1. The van der Waals surface area contributed by atoms with Crippen molar-refractivity contribution >= 4 is 22.4 Å². The normalized spacial score (nSPS) is 29.6. The second-order valence-electron chi connectivity index (χ2n) is 7.25. The van der Waals surface area contributed by atoms with Gasteiger partial charge < -0.3 is 9.31 Å². The minimum atomic E-state index is -2.95. The minimum Gasteiger partial charge on any atom is -0.399 e. The molecule has 0 N–H and O–H groups in total. The number of rotatable bonds is 2. The molecule has 0 spiro atoms. The van der Waals surface area contributed by atoms with Gasteiger partial charge in [-0.05, 0) is 40.5 Å². The Balaban J connectivity index is 1.78. The summed E-state index contributed by atoms with van der Waals surface area (Å²) in [5.41, 5.74) is 0.0450. The van der Waals surface area contributed by atoms with Gasteiger partial charge in [0.1, 0.15) is 0 Å². The van der Waals surface area contributed by atoms with Crippen molar-refractivity contribution in [1.82, 2.24) is 9.78 Å². The Labute approximate surface area is 132 Å². The number of nitrogens with zero attached hydrogens (tertiary/aromatic N) is 2. The van der Waals surface area contributed by atoms with E-state index in [0.717, 1.165) is 11.9 Å². The zero-order valence-corrected chi connectivity index (χ0v) is 14.4. The summed E-state index contributed by atoms with van der Waals surface area (Å²) in [6.07, 6.45) is 5.10. The van der Waals surface area contributed by atoms with Gasteiger partial charge in [-0.3, -0.25) is 4.68 Å². The second kappa shape index (κ2) is 5.07. The molecule has 22 heavy (non-hydrogen) atoms. The topological polar surface area (TPSA) is 70.4 Å². The summed E-state index contributed by atoms with van der Waals surface area (Å²) < 4.78 is 37.3. The van der Waals surface area contributed by atoms with Crippen LogP contribution in [0.25, 0.3) is 0 Å². The van der Waals surface area contributed by atoms with Gasteiger partial charge in [0.2, 0.25) is 0 Å². The van der Waals surface area contributed by atoms with Crippen LogP contribution >= 0.6 is 0 Å². The van der Waals surface area contributed by atoms with Gasteiger partial charge >= 0.3 is 7.12 Å². The molecule has 0 saturated carbocycles. The van der Waals surface area contributed by atoms with Gasteiger partial charge in [0.05, 0.1) is 28.7 Å². The Bertz CT molecular complexity index is 652. The Morgan fingerprint density at radius 2 is 1.91 bits per heavy atom. The average molecular weight is 326 g/mol. The molecule has 1 aromatic rings. The van der Waals surface area contributed by atoms with E-state index in [1.165, 1.54) is 0 Å². The Morgan fingerprint density at radius 1 is 1.27 bits per heavy atom. The predicted molar refractivity (Wildman–Crippen MR) is 84.9 cm³/mol. The first-order valence-corrected chi connectivity index (χ1v) is 9.52. The summed E-state index contributed by atoms with van der Waals surface area (Å²) in [6.45, 7) is 8.02. The molecular formula is C14H23BN2O4S. The number of hydrogen-bond donors (Lipinski definition) is 0. The van der Waals surface area contributed by atoms with Crippen molar-refractivity contribution in [3.63, 3.8) is 0 Å². The third-order valence-electron chi connectivity index (χ3n) is 4.96. The van der Waals surface area contributed by atoms with Gasteiger partial charge in [0.25, 0.3) is 0 Å². The summed E-state index contributed by atoms with van der Waals surface area (Å²) in [5, 5.41) is 4.34. The van der Waals surface area contributed by atoms with Crippen molar-refractivity contribution in [1.29, 1.82) is 0 Å². The fourth-order valence-corrected chi connectivity index (χ4v) is 4.54. The van der Waals surface area contributed by atoms with Crippen LogP contribution in [0.4, 0.5) is 0 Å². The maximum atomic E-state index is 11.8. The molecule has 3 rings (SSSR count). The number of sulfone groups is 1. The lowest BCUT2D eigenvalue weighted by Crippen LogP contribution is -2.41. The Hall–Kier alpha value is -0.855. The highest BCUT2D eigenvalue weighted by Crippen LogP contribution is 2.36. The highest BCUT2D eigenvalue weighted by molar-refractivity contribution is 7.91. The molecule has 2 saturated heterocycles. The van der Waals surface area contributed by atoms with Crippen molar-refractivity contribution in [2.75, 3.05) is 11.5 Å². The van der Waals surface area contributed by atoms with Crippen LogP contribution in [0.3, 0.4) is 0 Å². The molecule has 0 aromatic carbocycles. The fraction of sp³-hybridized carbons (Fsp3) is 0.786. The molecule has 0 bridgehead atoms. The molecule has 1 aromatic heterocycles. The van der Waals surface area contributed by atoms with Crippen molar-refractivity contribution in [3.8, 4) is 0 Å². The highest BCUT2D eigenvalue weighted by Gasteiger charge is 2.52. The van der Waals surface area contributed by atoms with Gasteiger partial charge in [0.15, 0.2) is 9.84 Å². The number of hydrogen-bond acceptors (Lipinski definition) is 5. The lowest BCUT2D eigenvalue weighted by Gasteiger charge is -2.32. The smallest absolute Gasteiger partial charge is 0.399 e. The monoisotopic (exact) mass is 326 g/mol. The van der Waals surface area contributed by atoms with Crippen LogP contribution in [0.2, 0.25) is 0 Å². The van der Waals surface area contributed by atoms with E-state index in [9.17, 15) is 8.42 Å². The molecule has 2 fully saturated rings. The molecule has 0 radical (unpaired) electrons. The van der Waals surface area contributed by atoms with E-state index in [4.69, 9.17) is 9.31 Å². The second-order valence-corrected chi connectivity index (χ2v) is 9.48. The van der Waals surface area contributed by atoms with Crippen molar-refractivity contribution < 1.29 is 17.7 Å². The summed E-state index contributed by atoms with van der Waals surface area (Å²) >= 11 is 0. The van der Waals surface area contributed by atoms with E-state index >= 15 is 0 Å². The molecule has 8 heteroatoms. The summed E-state index contributed by atoms with van der Waals surface area (Å²) in [5.74, 6) is 0.451. The molecule has 0 aliphatic carbocycles. The van der Waals surface area contributed by atoms with Gasteiger partial charge in [-0.25, -0.2) is 8.42 Å². The van der Waals surface area contributed by atoms with Gasteiger partial charge in [-0.2, -0.15) is 5.10 Å². The molecule has 3 heterocycles. The van der Waals surface area contributed by atoms with E-state index in [-0.39, 0.29) is 17.5 Å². The van der Waals surface area contributed by atoms with Crippen LogP contribution in [0, 0.1) is 0 Å². The van der Waals surface area contributed by atoms with E-state index in [1.54, 1.807) is 10.9 Å². The quantitative estimate of drug-likeness (QED) is 0.756. The summed E-state index contributed by atoms with van der Waals surface area (Å²) in [7, 11) is -3.41. The maximum absolute atomic E-state index is 11.8. The van der Waals surface area contributed by atoms with E-state index in [0.29, 0.717) is 6.42 Å². The van der Waals surface area contributed by atoms with Crippen LogP contribution in [0.5, 0.6) is 0 Å². The van der Waals surface area contributed by atoms with E-state index in [2.05, 4.69) is 5.10 Å². The zero-order valence-electron chi connectivity index (χ0n) is 13.6. The predicted octanol–water partition coefficient (Wildman–Crippen LogP) is 0.932. The van der Waals surface area contributed by atoms with Crippen molar-refractivity contribution in [2.45, 2.75) is 57.8 Å². The van der Waals surface area contributed by atoms with Gasteiger partial charge in [-0.1, -0.05) is 0 Å². The van der Waals surface area contributed by atoms with E-state index in [1.807, 2.05) is 33.9 Å². The first-order valence-electron chi connectivity index (χ1n) is 7.70. The highest BCUT2D eigenvalue weighted by atomic mass is 32.2. The minimum absolute atomic E-state index is 0.0880. The van der Waals surface area contributed by atoms with Crippen LogP contribution < -0.4 is 5.46 Å². The molecule has 2 aliphatic heterocycles. The van der Waals surface area contributed by atoms with Crippen LogP contribution in [-0.4, -0.2) is 48.0 Å². The summed E-state index contributed by atoms with van der Waals surface area (Å²) in [4.78, 5) is 0. The first kappa shape index (κ1) is 16.0. The van der Waals surface area contributed by atoms with Crippen LogP contribution in [0.15, 0.2) is 12.4 Å². The molecule has 122 valence electrons. The lowest BCUT2D eigenvalue weighted by molar-refractivity contribution is 0.00578. The average Bonchev–Trinajstić information content (AvgIpc) is 2.92. The lowest BCUT2D eigenvalue weighted by atomic mass is 9.82. The standard InChI is InChI=1S/C14H23BN2O4S/c1-13(2)14(3,4)21-15(20-13)11-8-16-17(9-11)12-6-5-7-22(18,19)10-12/h8-9,12H,5-7,10H2,1-4H3. The molecule has 6 nitrogen and oxygen atoms in total. The maximum Gasteiger partial charge on any atom is 0.498 e. The third-order valence-corrected chi connectivity index (χ3v) is 6.76. The van der Waals surface area contributed by atoms with Crippen LogP contribution in [-0.2, 0) is 19.1 Å². The molecule has 0 amide bonds. The molecular weight excluding hydrogens is 303 g/mol.